The van der Waals surface area contributed by atoms with Crippen LogP contribution in [0.5, 0.6) is 5.75 Å². The summed E-state index contributed by atoms with van der Waals surface area (Å²) in [7, 11) is 1.70. The lowest BCUT2D eigenvalue weighted by Crippen LogP contribution is -2.48. The van der Waals surface area contributed by atoms with Crippen LogP contribution in [-0.2, 0) is 0 Å². The monoisotopic (exact) mass is 438 g/mol. The number of rotatable bonds is 6. The summed E-state index contributed by atoms with van der Waals surface area (Å²) < 4.78 is 5.51. The molecule has 0 saturated carbocycles. The van der Waals surface area contributed by atoms with Crippen molar-refractivity contribution in [1.29, 1.82) is 0 Å². The molecule has 1 aliphatic heterocycles. The third-order valence-electron chi connectivity index (χ3n) is 5.66. The number of carbonyl (C=O) groups excluding carboxylic acids is 2. The average Bonchev–Trinajstić information content (AvgIpc) is 2.79. The van der Waals surface area contributed by atoms with E-state index >= 15 is 0 Å². The minimum absolute atomic E-state index is 0.0567. The zero-order valence-corrected chi connectivity index (χ0v) is 19.7. The second kappa shape index (κ2) is 10.5. The van der Waals surface area contributed by atoms with Gasteiger partial charge in [0.25, 0.3) is 0 Å². The number of nitrogens with one attached hydrogen (secondary N) is 1. The molecular weight excluding hydrogens is 404 g/mol. The molecule has 0 aromatic heterocycles. The van der Waals surface area contributed by atoms with Crippen LogP contribution in [0.25, 0.3) is 0 Å². The highest BCUT2D eigenvalue weighted by Gasteiger charge is 2.19. The summed E-state index contributed by atoms with van der Waals surface area (Å²) in [6.45, 7) is 12.3. The Hall–Kier alpha value is -3.06. The van der Waals surface area contributed by atoms with Crippen molar-refractivity contribution in [2.45, 2.75) is 39.8 Å². The van der Waals surface area contributed by atoms with E-state index in [0.717, 1.165) is 31.9 Å². The third kappa shape index (κ3) is 6.01. The number of ether oxygens (including phenoxy) is 1. The number of anilines is 2. The van der Waals surface area contributed by atoms with E-state index < -0.39 is 5.97 Å². The number of benzene rings is 2. The minimum Gasteiger partial charge on any atom is -0.423 e. The van der Waals surface area contributed by atoms with Crippen molar-refractivity contribution in [3.8, 4) is 5.75 Å². The van der Waals surface area contributed by atoms with Crippen molar-refractivity contribution in [2.75, 3.05) is 43.0 Å². The summed E-state index contributed by atoms with van der Waals surface area (Å²) in [5.41, 5.74) is 2.34. The highest BCUT2D eigenvalue weighted by Crippen LogP contribution is 2.22. The first-order chi connectivity index (χ1) is 15.2. The summed E-state index contributed by atoms with van der Waals surface area (Å²) in [6, 6.07) is 14.9. The molecule has 3 rings (SSSR count). The molecule has 2 amide bonds. The average molecular weight is 439 g/mol. The predicted molar refractivity (Wildman–Crippen MR) is 129 cm³/mol. The molecule has 1 saturated heterocycles. The molecule has 172 valence electrons. The van der Waals surface area contributed by atoms with E-state index in [4.69, 9.17) is 4.74 Å². The first-order valence-electron chi connectivity index (χ1n) is 11.2. The fourth-order valence-corrected chi connectivity index (χ4v) is 3.67. The van der Waals surface area contributed by atoms with Gasteiger partial charge in [-0.1, -0.05) is 0 Å². The highest BCUT2D eigenvalue weighted by atomic mass is 16.5. The van der Waals surface area contributed by atoms with E-state index in [1.165, 1.54) is 4.90 Å². The largest absolute Gasteiger partial charge is 0.423 e. The maximum atomic E-state index is 12.6. The number of urea groups is 1. The Morgan fingerprint density at radius 3 is 2.03 bits per heavy atom. The van der Waals surface area contributed by atoms with E-state index in [1.807, 2.05) is 38.1 Å². The Morgan fingerprint density at radius 2 is 1.50 bits per heavy atom. The second-order valence-electron chi connectivity index (χ2n) is 8.71. The molecule has 0 spiro atoms. The lowest BCUT2D eigenvalue weighted by molar-refractivity contribution is 0.0734. The summed E-state index contributed by atoms with van der Waals surface area (Å²) in [6.07, 6.45) is 0. The van der Waals surface area contributed by atoms with Crippen molar-refractivity contribution >= 4 is 23.4 Å². The molecule has 1 aliphatic rings. The number of hydrogen-bond acceptors (Lipinski definition) is 5. The van der Waals surface area contributed by atoms with Crippen molar-refractivity contribution in [3.63, 3.8) is 0 Å². The standard InChI is InChI=1S/C25H34N4O3/c1-18(2)26-25(31)27(5)21-10-12-23(13-11-21)32-24(30)20-6-8-22(9-7-20)29-16-14-28(15-17-29)19(3)4/h6-13,18-19H,14-17H2,1-5H3,(H,26,31). The Balaban J connectivity index is 1.56. The smallest absolute Gasteiger partial charge is 0.343 e. The normalized spacial score (nSPS) is 14.5. The van der Waals surface area contributed by atoms with E-state index in [1.54, 1.807) is 31.3 Å². The van der Waals surface area contributed by atoms with Crippen molar-refractivity contribution in [1.82, 2.24) is 10.2 Å². The van der Waals surface area contributed by atoms with Crippen LogP contribution in [-0.4, -0.2) is 62.2 Å². The van der Waals surface area contributed by atoms with Crippen LogP contribution in [0.15, 0.2) is 48.5 Å². The molecule has 2 aromatic carbocycles. The SMILES string of the molecule is CC(C)NC(=O)N(C)c1ccc(OC(=O)c2ccc(N3CCN(C(C)C)CC3)cc2)cc1. The van der Waals surface area contributed by atoms with Crippen LogP contribution < -0.4 is 19.9 Å². The van der Waals surface area contributed by atoms with Gasteiger partial charge in [0.05, 0.1) is 5.56 Å². The van der Waals surface area contributed by atoms with E-state index in [-0.39, 0.29) is 12.1 Å². The van der Waals surface area contributed by atoms with Crippen LogP contribution in [0.3, 0.4) is 0 Å². The van der Waals surface area contributed by atoms with Gasteiger partial charge in [-0.25, -0.2) is 9.59 Å². The van der Waals surface area contributed by atoms with Crippen LogP contribution in [0.1, 0.15) is 38.1 Å². The number of carbonyl (C=O) groups is 2. The number of hydrogen-bond donors (Lipinski definition) is 1. The zero-order valence-electron chi connectivity index (χ0n) is 19.7. The van der Waals surface area contributed by atoms with Gasteiger partial charge in [-0.15, -0.1) is 0 Å². The summed E-state index contributed by atoms with van der Waals surface area (Å²) in [5, 5.41) is 2.84. The van der Waals surface area contributed by atoms with Crippen molar-refractivity contribution in [3.05, 3.63) is 54.1 Å². The van der Waals surface area contributed by atoms with Gasteiger partial charge in [-0.05, 0) is 76.2 Å². The van der Waals surface area contributed by atoms with Gasteiger partial charge in [0, 0.05) is 56.7 Å². The van der Waals surface area contributed by atoms with Gasteiger partial charge in [-0.3, -0.25) is 9.80 Å². The summed E-state index contributed by atoms with van der Waals surface area (Å²) in [4.78, 5) is 31.0. The quantitative estimate of drug-likeness (QED) is 0.546. The van der Waals surface area contributed by atoms with Crippen LogP contribution in [0.2, 0.25) is 0 Å². The summed E-state index contributed by atoms with van der Waals surface area (Å²) >= 11 is 0. The Morgan fingerprint density at radius 1 is 0.906 bits per heavy atom. The van der Waals surface area contributed by atoms with Crippen LogP contribution in [0, 0.1) is 0 Å². The lowest BCUT2D eigenvalue weighted by atomic mass is 10.1. The van der Waals surface area contributed by atoms with Gasteiger partial charge in [0.2, 0.25) is 0 Å². The molecule has 1 N–H and O–H groups in total. The number of esters is 1. The molecule has 0 aliphatic carbocycles. The fourth-order valence-electron chi connectivity index (χ4n) is 3.67. The predicted octanol–water partition coefficient (Wildman–Crippen LogP) is 3.99. The maximum absolute atomic E-state index is 12.6. The van der Waals surface area contributed by atoms with Crippen LogP contribution >= 0.6 is 0 Å². The maximum Gasteiger partial charge on any atom is 0.343 e. The third-order valence-corrected chi connectivity index (χ3v) is 5.66. The van der Waals surface area contributed by atoms with Gasteiger partial charge < -0.3 is 15.0 Å². The number of piperazine rings is 1. The Kier molecular flexibility index (Phi) is 7.75. The molecule has 0 unspecified atom stereocenters. The minimum atomic E-state index is -0.403. The van der Waals surface area contributed by atoms with Gasteiger partial charge >= 0.3 is 12.0 Å². The molecule has 7 heteroatoms. The zero-order chi connectivity index (χ0) is 23.3. The van der Waals surface area contributed by atoms with Crippen molar-refractivity contribution in [2.24, 2.45) is 0 Å². The molecule has 7 nitrogen and oxygen atoms in total. The first kappa shape index (κ1) is 23.6. The molecule has 2 aromatic rings. The van der Waals surface area contributed by atoms with Gasteiger partial charge in [-0.2, -0.15) is 0 Å². The van der Waals surface area contributed by atoms with Crippen LogP contribution in [0.4, 0.5) is 16.2 Å². The number of amides is 2. The first-order valence-corrected chi connectivity index (χ1v) is 11.2. The Labute approximate surface area is 190 Å². The molecule has 0 atom stereocenters. The van der Waals surface area contributed by atoms with E-state index in [9.17, 15) is 9.59 Å². The molecular formula is C25H34N4O3. The van der Waals surface area contributed by atoms with Crippen molar-refractivity contribution < 1.29 is 14.3 Å². The molecule has 1 heterocycles. The molecule has 32 heavy (non-hydrogen) atoms. The molecule has 0 radical (unpaired) electrons. The second-order valence-corrected chi connectivity index (χ2v) is 8.71. The highest BCUT2D eigenvalue weighted by molar-refractivity contribution is 5.92. The van der Waals surface area contributed by atoms with E-state index in [0.29, 0.717) is 23.0 Å². The van der Waals surface area contributed by atoms with E-state index in [2.05, 4.69) is 29.0 Å². The fraction of sp³-hybridized carbons (Fsp3) is 0.440. The lowest BCUT2D eigenvalue weighted by Gasteiger charge is -2.38. The molecule has 1 fully saturated rings. The Bertz CT molecular complexity index is 902. The molecule has 0 bridgehead atoms. The summed E-state index contributed by atoms with van der Waals surface area (Å²) in [5.74, 6) is 0.0325. The van der Waals surface area contributed by atoms with Gasteiger partial charge in [0.15, 0.2) is 0 Å². The van der Waals surface area contributed by atoms with Gasteiger partial charge in [0.1, 0.15) is 5.75 Å². The topological polar surface area (TPSA) is 65.1 Å². The number of nitrogens with zero attached hydrogens (tertiary/aromatic N) is 3.